The maximum atomic E-state index is 12.7. The molecule has 0 radical (unpaired) electrons. The molecule has 1 atom stereocenters. The third-order valence-corrected chi connectivity index (χ3v) is 3.77. The Balaban J connectivity index is 2.09. The van der Waals surface area contributed by atoms with Crippen LogP contribution in [0.25, 0.3) is 0 Å². The van der Waals surface area contributed by atoms with Gasteiger partial charge >= 0.3 is 6.09 Å². The maximum Gasteiger partial charge on any atom is 0.407 e. The third-order valence-electron chi connectivity index (χ3n) is 3.77. The molecule has 2 aromatic carbocycles. The summed E-state index contributed by atoms with van der Waals surface area (Å²) in [6, 6.07) is 15.2. The van der Waals surface area contributed by atoms with Crippen molar-refractivity contribution in [3.05, 3.63) is 60.2 Å². The van der Waals surface area contributed by atoms with Gasteiger partial charge in [0, 0.05) is 24.9 Å². The molecule has 0 spiro atoms. The van der Waals surface area contributed by atoms with Gasteiger partial charge in [0.05, 0.1) is 7.11 Å². The Kier molecular flexibility index (Phi) is 7.98. The van der Waals surface area contributed by atoms with Gasteiger partial charge in [0.1, 0.15) is 12.6 Å². The number of amides is 3. The van der Waals surface area contributed by atoms with E-state index in [0.717, 1.165) is 5.56 Å². The van der Waals surface area contributed by atoms with Crippen molar-refractivity contribution in [2.45, 2.75) is 12.5 Å². The largest absolute Gasteiger partial charge is 0.453 e. The average molecular weight is 385 g/mol. The molecular weight excluding hydrogens is 362 g/mol. The number of anilines is 2. The fourth-order valence-corrected chi connectivity index (χ4v) is 2.49. The number of hydrogen-bond acceptors (Lipinski definition) is 5. The van der Waals surface area contributed by atoms with Crippen molar-refractivity contribution in [2.24, 2.45) is 0 Å². The van der Waals surface area contributed by atoms with E-state index >= 15 is 0 Å². The molecule has 148 valence electrons. The zero-order chi connectivity index (χ0) is 20.4. The number of ether oxygens (including phenoxy) is 2. The van der Waals surface area contributed by atoms with Gasteiger partial charge < -0.3 is 25.4 Å². The lowest BCUT2D eigenvalue weighted by atomic mass is 10.1. The average Bonchev–Trinajstić information content (AvgIpc) is 2.68. The highest BCUT2D eigenvalue weighted by atomic mass is 16.5. The fraction of sp³-hybridized carbons (Fsp3) is 0.250. The van der Waals surface area contributed by atoms with Crippen LogP contribution >= 0.6 is 0 Å². The molecule has 2 rings (SSSR count). The minimum absolute atomic E-state index is 0.0706. The molecule has 0 aliphatic carbocycles. The van der Waals surface area contributed by atoms with Crippen molar-refractivity contribution in [3.63, 3.8) is 0 Å². The number of carbonyl (C=O) groups excluding carboxylic acids is 3. The van der Waals surface area contributed by atoms with Crippen LogP contribution in [-0.4, -0.2) is 44.8 Å². The van der Waals surface area contributed by atoms with Crippen LogP contribution < -0.4 is 16.0 Å². The molecule has 2 aromatic rings. The van der Waals surface area contributed by atoms with E-state index in [-0.39, 0.29) is 12.5 Å². The molecule has 0 saturated heterocycles. The van der Waals surface area contributed by atoms with Gasteiger partial charge in [0.25, 0.3) is 0 Å². The summed E-state index contributed by atoms with van der Waals surface area (Å²) < 4.78 is 9.39. The standard InChI is InChI=1S/C20H23N3O5/c1-27-13-18(24)21-15-9-6-10-16(12-15)22-19(25)17(23-20(26)28-2)11-14-7-4-3-5-8-14/h3-10,12,17H,11,13H2,1-2H3,(H,21,24)(H,22,25)(H,23,26). The summed E-state index contributed by atoms with van der Waals surface area (Å²) in [6.07, 6.45) is -0.400. The number of nitrogens with one attached hydrogen (secondary N) is 3. The second-order valence-corrected chi connectivity index (χ2v) is 5.93. The molecule has 8 heteroatoms. The highest BCUT2D eigenvalue weighted by molar-refractivity contribution is 5.98. The minimum atomic E-state index is -0.832. The molecule has 28 heavy (non-hydrogen) atoms. The molecular formula is C20H23N3O5. The van der Waals surface area contributed by atoms with E-state index in [0.29, 0.717) is 17.8 Å². The molecule has 0 bridgehead atoms. The summed E-state index contributed by atoms with van der Waals surface area (Å²) in [6.45, 7) is -0.0706. The Labute approximate surface area is 163 Å². The minimum Gasteiger partial charge on any atom is -0.453 e. The summed E-state index contributed by atoms with van der Waals surface area (Å²) in [7, 11) is 2.66. The van der Waals surface area contributed by atoms with E-state index in [9.17, 15) is 14.4 Å². The van der Waals surface area contributed by atoms with Gasteiger partial charge in [-0.2, -0.15) is 0 Å². The highest BCUT2D eigenvalue weighted by Crippen LogP contribution is 2.16. The summed E-state index contributed by atoms with van der Waals surface area (Å²) in [4.78, 5) is 36.0. The first-order valence-corrected chi connectivity index (χ1v) is 8.60. The van der Waals surface area contributed by atoms with Crippen LogP contribution in [0.3, 0.4) is 0 Å². The number of rotatable bonds is 8. The van der Waals surface area contributed by atoms with Gasteiger partial charge in [0.15, 0.2) is 0 Å². The van der Waals surface area contributed by atoms with Crippen LogP contribution in [0.4, 0.5) is 16.2 Å². The van der Waals surface area contributed by atoms with Gasteiger partial charge in [-0.05, 0) is 23.8 Å². The molecule has 0 saturated carbocycles. The summed E-state index contributed by atoms with van der Waals surface area (Å²) in [5.74, 6) is -0.713. The van der Waals surface area contributed by atoms with E-state index < -0.39 is 18.0 Å². The second-order valence-electron chi connectivity index (χ2n) is 5.93. The predicted octanol–water partition coefficient (Wildman–Crippen LogP) is 2.18. The van der Waals surface area contributed by atoms with Crippen LogP contribution in [0.5, 0.6) is 0 Å². The smallest absolute Gasteiger partial charge is 0.407 e. The number of alkyl carbamates (subject to hydrolysis) is 1. The first-order chi connectivity index (χ1) is 13.5. The molecule has 8 nitrogen and oxygen atoms in total. The van der Waals surface area contributed by atoms with Gasteiger partial charge in [0.2, 0.25) is 11.8 Å². The molecule has 3 amide bonds. The van der Waals surface area contributed by atoms with Gasteiger partial charge in [-0.25, -0.2) is 4.79 Å². The van der Waals surface area contributed by atoms with E-state index in [1.165, 1.54) is 14.2 Å². The first kappa shape index (κ1) is 20.9. The number of hydrogen-bond donors (Lipinski definition) is 3. The van der Waals surface area contributed by atoms with Gasteiger partial charge in [-0.15, -0.1) is 0 Å². The Morgan fingerprint density at radius 1 is 0.929 bits per heavy atom. The Bertz CT molecular complexity index is 810. The molecule has 0 aliphatic rings. The van der Waals surface area contributed by atoms with Crippen molar-refractivity contribution >= 4 is 29.3 Å². The molecule has 0 fully saturated rings. The van der Waals surface area contributed by atoms with Crippen molar-refractivity contribution in [2.75, 3.05) is 31.5 Å². The van der Waals surface area contributed by atoms with Crippen LogP contribution in [0.2, 0.25) is 0 Å². The van der Waals surface area contributed by atoms with Gasteiger partial charge in [-0.3, -0.25) is 9.59 Å². The Hall–Kier alpha value is -3.39. The van der Waals surface area contributed by atoms with Crippen LogP contribution in [-0.2, 0) is 25.5 Å². The lowest BCUT2D eigenvalue weighted by Gasteiger charge is -2.18. The molecule has 0 aliphatic heterocycles. The third kappa shape index (κ3) is 6.73. The molecule has 0 aromatic heterocycles. The maximum absolute atomic E-state index is 12.7. The summed E-state index contributed by atoms with van der Waals surface area (Å²) in [5.41, 5.74) is 1.88. The van der Waals surface area contributed by atoms with Crippen molar-refractivity contribution in [3.8, 4) is 0 Å². The first-order valence-electron chi connectivity index (χ1n) is 8.60. The fourth-order valence-electron chi connectivity index (χ4n) is 2.49. The molecule has 1 unspecified atom stereocenters. The van der Waals surface area contributed by atoms with Crippen LogP contribution in [0.1, 0.15) is 5.56 Å². The van der Waals surface area contributed by atoms with E-state index in [2.05, 4.69) is 20.7 Å². The second kappa shape index (κ2) is 10.7. The lowest BCUT2D eigenvalue weighted by molar-refractivity contribution is -0.119. The quantitative estimate of drug-likeness (QED) is 0.646. The Morgan fingerprint density at radius 3 is 2.25 bits per heavy atom. The number of benzene rings is 2. The summed E-state index contributed by atoms with van der Waals surface area (Å²) in [5, 5.41) is 7.95. The monoisotopic (exact) mass is 385 g/mol. The highest BCUT2D eigenvalue weighted by Gasteiger charge is 2.22. The lowest BCUT2D eigenvalue weighted by Crippen LogP contribution is -2.45. The van der Waals surface area contributed by atoms with Crippen LogP contribution in [0.15, 0.2) is 54.6 Å². The molecule has 0 heterocycles. The summed E-state index contributed by atoms with van der Waals surface area (Å²) >= 11 is 0. The van der Waals surface area contributed by atoms with Crippen LogP contribution in [0, 0.1) is 0 Å². The van der Waals surface area contributed by atoms with E-state index in [1.54, 1.807) is 24.3 Å². The zero-order valence-electron chi connectivity index (χ0n) is 15.7. The van der Waals surface area contributed by atoms with Gasteiger partial charge in [-0.1, -0.05) is 36.4 Å². The topological polar surface area (TPSA) is 106 Å². The molecule has 3 N–H and O–H groups in total. The normalized spacial score (nSPS) is 11.2. The number of methoxy groups -OCH3 is 2. The number of carbonyl (C=O) groups is 3. The SMILES string of the molecule is COCC(=O)Nc1cccc(NC(=O)C(Cc2ccccc2)NC(=O)OC)c1. The zero-order valence-corrected chi connectivity index (χ0v) is 15.7. The van der Waals surface area contributed by atoms with Crippen molar-refractivity contribution in [1.82, 2.24) is 5.32 Å². The van der Waals surface area contributed by atoms with E-state index in [1.807, 2.05) is 30.3 Å². The Morgan fingerprint density at radius 2 is 1.61 bits per heavy atom. The van der Waals surface area contributed by atoms with E-state index in [4.69, 9.17) is 4.74 Å². The predicted molar refractivity (Wildman–Crippen MR) is 105 cm³/mol. The van der Waals surface area contributed by atoms with Crippen molar-refractivity contribution in [1.29, 1.82) is 0 Å². The van der Waals surface area contributed by atoms with Crippen molar-refractivity contribution < 1.29 is 23.9 Å².